The van der Waals surface area contributed by atoms with Crippen LogP contribution in [0.25, 0.3) is 22.1 Å². The van der Waals surface area contributed by atoms with Gasteiger partial charge in [0.1, 0.15) is 5.75 Å². The molecule has 0 saturated heterocycles. The molecule has 1 heterocycles. The topological polar surface area (TPSA) is 98.4 Å². The van der Waals surface area contributed by atoms with Gasteiger partial charge in [0.05, 0.1) is 26.7 Å². The molecule has 0 radical (unpaired) electrons. The molecule has 0 aliphatic carbocycles. The fraction of sp³-hybridized carbons (Fsp3) is 0.167. The Bertz CT molecular complexity index is 1000. The average molecular weight is 344 g/mol. The summed E-state index contributed by atoms with van der Waals surface area (Å²) in [7, 11) is 4.27. The molecule has 25 heavy (non-hydrogen) atoms. The Morgan fingerprint density at radius 3 is 2.16 bits per heavy atom. The van der Waals surface area contributed by atoms with Crippen molar-refractivity contribution < 1.29 is 28.8 Å². The monoisotopic (exact) mass is 344 g/mol. The first kappa shape index (κ1) is 16.5. The van der Waals surface area contributed by atoms with Gasteiger partial charge >= 0.3 is 5.63 Å². The lowest BCUT2D eigenvalue weighted by Gasteiger charge is -2.14. The molecule has 0 spiro atoms. The van der Waals surface area contributed by atoms with Gasteiger partial charge in [-0.2, -0.15) is 0 Å². The first-order chi connectivity index (χ1) is 12.0. The first-order valence-electron chi connectivity index (χ1n) is 7.29. The third kappa shape index (κ3) is 2.69. The minimum atomic E-state index is -0.664. The summed E-state index contributed by atoms with van der Waals surface area (Å²) < 4.78 is 20.6. The Morgan fingerprint density at radius 2 is 1.56 bits per heavy atom. The van der Waals surface area contributed by atoms with Crippen molar-refractivity contribution in [3.63, 3.8) is 0 Å². The molecule has 0 bridgehead atoms. The van der Waals surface area contributed by atoms with E-state index in [4.69, 9.17) is 18.6 Å². The van der Waals surface area contributed by atoms with E-state index in [2.05, 4.69) is 0 Å². The molecule has 0 amide bonds. The molecule has 0 fully saturated rings. The van der Waals surface area contributed by atoms with E-state index in [1.54, 1.807) is 12.1 Å². The molecule has 7 nitrogen and oxygen atoms in total. The summed E-state index contributed by atoms with van der Waals surface area (Å²) in [5, 5.41) is 20.7. The zero-order valence-electron chi connectivity index (χ0n) is 13.8. The van der Waals surface area contributed by atoms with Crippen molar-refractivity contribution in [1.29, 1.82) is 0 Å². The average Bonchev–Trinajstić information content (AvgIpc) is 2.61. The Labute approximate surface area is 142 Å². The zero-order valence-corrected chi connectivity index (χ0v) is 13.8. The summed E-state index contributed by atoms with van der Waals surface area (Å²) >= 11 is 0. The van der Waals surface area contributed by atoms with Gasteiger partial charge in [0.15, 0.2) is 22.8 Å². The Hall–Kier alpha value is -3.35. The highest BCUT2D eigenvalue weighted by molar-refractivity contribution is 6.01. The number of benzene rings is 2. The lowest BCUT2D eigenvalue weighted by atomic mass is 10.00. The van der Waals surface area contributed by atoms with Crippen LogP contribution < -0.4 is 19.8 Å². The number of methoxy groups -OCH3 is 3. The van der Waals surface area contributed by atoms with Gasteiger partial charge in [-0.05, 0) is 17.7 Å². The van der Waals surface area contributed by atoms with Crippen molar-refractivity contribution in [2.45, 2.75) is 0 Å². The number of rotatable bonds is 4. The predicted molar refractivity (Wildman–Crippen MR) is 90.9 cm³/mol. The summed E-state index contributed by atoms with van der Waals surface area (Å²) in [6, 6.07) is 7.45. The van der Waals surface area contributed by atoms with Crippen LogP contribution in [0.2, 0.25) is 0 Å². The second-order valence-corrected chi connectivity index (χ2v) is 5.20. The largest absolute Gasteiger partial charge is 0.504 e. The van der Waals surface area contributed by atoms with Gasteiger partial charge in [0, 0.05) is 17.7 Å². The fourth-order valence-electron chi connectivity index (χ4n) is 2.68. The lowest BCUT2D eigenvalue weighted by Crippen LogP contribution is -2.01. The minimum Gasteiger partial charge on any atom is -0.504 e. The molecular formula is C18H16O7. The van der Waals surface area contributed by atoms with Crippen LogP contribution in [-0.4, -0.2) is 31.5 Å². The van der Waals surface area contributed by atoms with Gasteiger partial charge < -0.3 is 28.8 Å². The van der Waals surface area contributed by atoms with Crippen LogP contribution in [0.3, 0.4) is 0 Å². The Balaban J connectivity index is 2.41. The maximum absolute atomic E-state index is 12.0. The number of ether oxygens (including phenoxy) is 3. The van der Waals surface area contributed by atoms with Crippen molar-refractivity contribution in [2.75, 3.05) is 21.3 Å². The lowest BCUT2D eigenvalue weighted by molar-refractivity contribution is 0.362. The normalized spacial score (nSPS) is 10.7. The molecule has 1 aromatic heterocycles. The summed E-state index contributed by atoms with van der Waals surface area (Å²) in [6.45, 7) is 0. The van der Waals surface area contributed by atoms with Crippen molar-refractivity contribution in [3.8, 4) is 39.9 Å². The van der Waals surface area contributed by atoms with E-state index in [9.17, 15) is 15.0 Å². The van der Waals surface area contributed by atoms with E-state index in [0.29, 0.717) is 28.0 Å². The van der Waals surface area contributed by atoms with Crippen LogP contribution in [-0.2, 0) is 0 Å². The second kappa shape index (κ2) is 6.27. The predicted octanol–water partition coefficient (Wildman–Crippen LogP) is 2.90. The molecule has 130 valence electrons. The number of hydrogen-bond acceptors (Lipinski definition) is 7. The third-order valence-corrected chi connectivity index (χ3v) is 3.85. The van der Waals surface area contributed by atoms with E-state index in [-0.39, 0.29) is 22.8 Å². The van der Waals surface area contributed by atoms with Crippen LogP contribution in [0.5, 0.6) is 28.7 Å². The number of phenols is 2. The Morgan fingerprint density at radius 1 is 0.880 bits per heavy atom. The summed E-state index contributed by atoms with van der Waals surface area (Å²) in [5.74, 6) is 0.363. The number of hydrogen-bond donors (Lipinski definition) is 2. The second-order valence-electron chi connectivity index (χ2n) is 5.20. The molecule has 0 saturated carbocycles. The fourth-order valence-corrected chi connectivity index (χ4v) is 2.68. The highest BCUT2D eigenvalue weighted by Crippen LogP contribution is 2.44. The standard InChI is InChI=1S/C18H16O7/c1-22-12-5-4-9(6-11(12)19)10-7-15(20)25-18-16(10)13(23-2)8-14(24-3)17(18)21/h4-8,19,21H,1-3H3. The third-order valence-electron chi connectivity index (χ3n) is 3.85. The minimum absolute atomic E-state index is 0.0611. The van der Waals surface area contributed by atoms with Gasteiger partial charge in [-0.15, -0.1) is 0 Å². The smallest absolute Gasteiger partial charge is 0.336 e. The molecule has 3 rings (SSSR count). The van der Waals surface area contributed by atoms with Gasteiger partial charge in [0.2, 0.25) is 5.75 Å². The van der Waals surface area contributed by atoms with Crippen molar-refractivity contribution in [1.82, 2.24) is 0 Å². The van der Waals surface area contributed by atoms with Crippen LogP contribution in [0.15, 0.2) is 39.5 Å². The van der Waals surface area contributed by atoms with E-state index in [0.717, 1.165) is 0 Å². The highest BCUT2D eigenvalue weighted by Gasteiger charge is 2.20. The van der Waals surface area contributed by atoms with Crippen LogP contribution >= 0.6 is 0 Å². The van der Waals surface area contributed by atoms with Crippen LogP contribution in [0, 0.1) is 0 Å². The van der Waals surface area contributed by atoms with Crippen LogP contribution in [0.1, 0.15) is 0 Å². The molecule has 3 aromatic rings. The maximum atomic E-state index is 12.0. The molecule has 0 unspecified atom stereocenters. The van der Waals surface area contributed by atoms with Gasteiger partial charge in [-0.25, -0.2) is 4.79 Å². The Kier molecular flexibility index (Phi) is 4.14. The molecule has 7 heteroatoms. The molecular weight excluding hydrogens is 328 g/mol. The van der Waals surface area contributed by atoms with Gasteiger partial charge in [0.25, 0.3) is 0 Å². The molecule has 2 N–H and O–H groups in total. The number of phenolic OH excluding ortho intramolecular Hbond substituents is 2. The molecule has 2 aromatic carbocycles. The van der Waals surface area contributed by atoms with Crippen molar-refractivity contribution >= 4 is 11.0 Å². The number of fused-ring (bicyclic) bond motifs is 1. The molecule has 0 atom stereocenters. The van der Waals surface area contributed by atoms with Crippen molar-refractivity contribution in [3.05, 3.63) is 40.8 Å². The summed E-state index contributed by atoms with van der Waals surface area (Å²) in [6.07, 6.45) is 0. The highest BCUT2D eigenvalue weighted by atomic mass is 16.5. The maximum Gasteiger partial charge on any atom is 0.336 e. The molecule has 0 aliphatic rings. The van der Waals surface area contributed by atoms with E-state index in [1.165, 1.54) is 39.5 Å². The van der Waals surface area contributed by atoms with E-state index >= 15 is 0 Å². The molecule has 0 aliphatic heterocycles. The summed E-state index contributed by atoms with van der Waals surface area (Å²) in [5.41, 5.74) is 0.232. The first-order valence-corrected chi connectivity index (χ1v) is 7.29. The summed E-state index contributed by atoms with van der Waals surface area (Å²) in [4.78, 5) is 12.0. The zero-order chi connectivity index (χ0) is 18.1. The van der Waals surface area contributed by atoms with Gasteiger partial charge in [-0.1, -0.05) is 6.07 Å². The SMILES string of the molecule is COc1ccc(-c2cc(=O)oc3c(O)c(OC)cc(OC)c23)cc1O. The van der Waals surface area contributed by atoms with Crippen molar-refractivity contribution in [2.24, 2.45) is 0 Å². The van der Waals surface area contributed by atoms with E-state index < -0.39 is 5.63 Å². The van der Waals surface area contributed by atoms with E-state index in [1.807, 2.05) is 0 Å². The van der Waals surface area contributed by atoms with Crippen LogP contribution in [0.4, 0.5) is 0 Å². The quantitative estimate of drug-likeness (QED) is 0.702. The number of aromatic hydroxyl groups is 2. The van der Waals surface area contributed by atoms with Gasteiger partial charge in [-0.3, -0.25) is 0 Å².